The maximum atomic E-state index is 6.00. The number of nitrogens with zero attached hydrogens (tertiary/aromatic N) is 1. The fourth-order valence-corrected chi connectivity index (χ4v) is 1.73. The van der Waals surface area contributed by atoms with Gasteiger partial charge in [-0.1, -0.05) is 41.4 Å². The lowest BCUT2D eigenvalue weighted by molar-refractivity contribution is 0.294. The summed E-state index contributed by atoms with van der Waals surface area (Å²) in [4.78, 5) is 4.00. The van der Waals surface area contributed by atoms with E-state index in [1.54, 1.807) is 18.2 Å². The maximum absolute atomic E-state index is 6.00. The van der Waals surface area contributed by atoms with Crippen LogP contribution in [0.15, 0.2) is 36.4 Å². The first-order valence-corrected chi connectivity index (χ1v) is 5.70. The van der Waals surface area contributed by atoms with E-state index >= 15 is 0 Å². The van der Waals surface area contributed by atoms with Gasteiger partial charge in [-0.15, -0.1) is 0 Å². The van der Waals surface area contributed by atoms with Gasteiger partial charge in [0.05, 0.1) is 0 Å². The first-order valence-electron chi connectivity index (χ1n) is 4.94. The number of anilines is 1. The van der Waals surface area contributed by atoms with Gasteiger partial charge in [-0.25, -0.2) is 4.98 Å². The normalized spacial score (nSPS) is 10.2. The Morgan fingerprint density at radius 3 is 2.65 bits per heavy atom. The van der Waals surface area contributed by atoms with Crippen molar-refractivity contribution in [3.05, 3.63) is 52.1 Å². The quantitative estimate of drug-likeness (QED) is 0.867. The average Bonchev–Trinajstić information content (AvgIpc) is 2.27. The molecule has 0 saturated carbocycles. The van der Waals surface area contributed by atoms with E-state index in [-0.39, 0.29) is 0 Å². The van der Waals surface area contributed by atoms with Crippen molar-refractivity contribution < 1.29 is 4.74 Å². The lowest BCUT2D eigenvalue weighted by atomic mass is 10.2. The van der Waals surface area contributed by atoms with Crippen LogP contribution >= 0.6 is 23.2 Å². The Balaban J connectivity index is 2.10. The Morgan fingerprint density at radius 1 is 1.18 bits per heavy atom. The zero-order valence-electron chi connectivity index (χ0n) is 8.86. The van der Waals surface area contributed by atoms with Gasteiger partial charge in [-0.05, 0) is 12.1 Å². The largest absolute Gasteiger partial charge is 0.473 e. The number of benzene rings is 1. The highest BCUT2D eigenvalue weighted by Crippen LogP contribution is 2.20. The van der Waals surface area contributed by atoms with Crippen molar-refractivity contribution in [2.45, 2.75) is 6.61 Å². The molecule has 0 atom stereocenters. The molecule has 0 aliphatic heterocycles. The van der Waals surface area contributed by atoms with E-state index in [1.807, 2.05) is 18.2 Å². The summed E-state index contributed by atoms with van der Waals surface area (Å²) in [6.45, 7) is 0.326. The molecule has 1 heterocycles. The number of hydrogen-bond donors (Lipinski definition) is 1. The van der Waals surface area contributed by atoms with E-state index in [4.69, 9.17) is 33.7 Å². The minimum absolute atomic E-state index is 0.305. The molecule has 0 aliphatic rings. The third-order valence-electron chi connectivity index (χ3n) is 2.13. The molecule has 0 aliphatic carbocycles. The summed E-state index contributed by atoms with van der Waals surface area (Å²) in [7, 11) is 0. The minimum atomic E-state index is 0.305. The molecular formula is C12H10Cl2N2O. The van der Waals surface area contributed by atoms with Gasteiger partial charge in [-0.3, -0.25) is 0 Å². The van der Waals surface area contributed by atoms with Gasteiger partial charge in [0.1, 0.15) is 11.8 Å². The van der Waals surface area contributed by atoms with Crippen LogP contribution in [0.2, 0.25) is 10.2 Å². The summed E-state index contributed by atoms with van der Waals surface area (Å²) in [5.74, 6) is 0.384. The number of halogens is 2. The molecule has 5 heteroatoms. The molecule has 2 N–H and O–H groups in total. The summed E-state index contributed by atoms with van der Waals surface area (Å²) >= 11 is 11.8. The van der Waals surface area contributed by atoms with Crippen LogP contribution in [0, 0.1) is 0 Å². The minimum Gasteiger partial charge on any atom is -0.473 e. The Bertz CT molecular complexity index is 511. The van der Waals surface area contributed by atoms with Crippen LogP contribution in [0.4, 0.5) is 5.69 Å². The maximum Gasteiger partial charge on any atom is 0.217 e. The van der Waals surface area contributed by atoms with Crippen molar-refractivity contribution in [2.24, 2.45) is 0 Å². The van der Waals surface area contributed by atoms with Crippen LogP contribution in [0.1, 0.15) is 5.56 Å². The lowest BCUT2D eigenvalue weighted by Gasteiger charge is -2.07. The van der Waals surface area contributed by atoms with E-state index in [0.717, 1.165) is 5.56 Å². The monoisotopic (exact) mass is 268 g/mol. The highest BCUT2D eigenvalue weighted by molar-refractivity contribution is 6.31. The van der Waals surface area contributed by atoms with Crippen molar-refractivity contribution in [3.63, 3.8) is 0 Å². The molecule has 1 aromatic heterocycles. The standard InChI is InChI=1S/C12H10Cl2N2O/c13-10-4-2-1-3-8(10)7-17-12-6-9(15)5-11(14)16-12/h1-6H,7H2,(H2,15,16). The molecule has 2 rings (SSSR count). The van der Waals surface area contributed by atoms with Gasteiger partial charge < -0.3 is 10.5 Å². The average molecular weight is 269 g/mol. The predicted octanol–water partition coefficient (Wildman–Crippen LogP) is 3.55. The van der Waals surface area contributed by atoms with Crippen molar-refractivity contribution in [3.8, 4) is 5.88 Å². The van der Waals surface area contributed by atoms with Crippen LogP contribution in [0.3, 0.4) is 0 Å². The van der Waals surface area contributed by atoms with Crippen molar-refractivity contribution >= 4 is 28.9 Å². The first kappa shape index (κ1) is 12.0. The Labute approximate surface area is 109 Å². The molecule has 88 valence electrons. The van der Waals surface area contributed by atoms with E-state index in [0.29, 0.717) is 28.3 Å². The van der Waals surface area contributed by atoms with E-state index in [2.05, 4.69) is 4.98 Å². The zero-order valence-corrected chi connectivity index (χ0v) is 10.4. The van der Waals surface area contributed by atoms with Gasteiger partial charge in [0.25, 0.3) is 0 Å². The summed E-state index contributed by atoms with van der Waals surface area (Å²) in [5.41, 5.74) is 7.02. The summed E-state index contributed by atoms with van der Waals surface area (Å²) < 4.78 is 5.47. The smallest absolute Gasteiger partial charge is 0.217 e. The van der Waals surface area contributed by atoms with Crippen molar-refractivity contribution in [1.82, 2.24) is 4.98 Å². The number of rotatable bonds is 3. The van der Waals surface area contributed by atoms with Gasteiger partial charge in [-0.2, -0.15) is 0 Å². The molecule has 0 bridgehead atoms. The fraction of sp³-hybridized carbons (Fsp3) is 0.0833. The van der Waals surface area contributed by atoms with Crippen molar-refractivity contribution in [2.75, 3.05) is 5.73 Å². The highest BCUT2D eigenvalue weighted by Gasteiger charge is 2.03. The molecule has 3 nitrogen and oxygen atoms in total. The second-order valence-electron chi connectivity index (χ2n) is 3.44. The molecule has 17 heavy (non-hydrogen) atoms. The topological polar surface area (TPSA) is 48.1 Å². The molecule has 0 fully saturated rings. The van der Waals surface area contributed by atoms with Crippen LogP contribution < -0.4 is 10.5 Å². The van der Waals surface area contributed by atoms with Gasteiger partial charge >= 0.3 is 0 Å². The molecule has 1 aromatic carbocycles. The molecule has 0 unspecified atom stereocenters. The molecule has 2 aromatic rings. The number of pyridine rings is 1. The lowest BCUT2D eigenvalue weighted by Crippen LogP contribution is -1.99. The van der Waals surface area contributed by atoms with Gasteiger partial charge in [0.15, 0.2) is 0 Å². The SMILES string of the molecule is Nc1cc(Cl)nc(OCc2ccccc2Cl)c1. The predicted molar refractivity (Wildman–Crippen MR) is 69.4 cm³/mol. The van der Waals surface area contributed by atoms with Crippen molar-refractivity contribution in [1.29, 1.82) is 0 Å². The molecule has 0 amide bonds. The van der Waals surface area contributed by atoms with Crippen LogP contribution in [-0.4, -0.2) is 4.98 Å². The fourth-order valence-electron chi connectivity index (χ4n) is 1.33. The number of aromatic nitrogens is 1. The van der Waals surface area contributed by atoms with E-state index in [1.165, 1.54) is 0 Å². The van der Waals surface area contributed by atoms with Gasteiger partial charge in [0, 0.05) is 22.3 Å². The van der Waals surface area contributed by atoms with Crippen LogP contribution in [0.5, 0.6) is 5.88 Å². The number of ether oxygens (including phenoxy) is 1. The molecule has 0 spiro atoms. The molecule has 0 saturated heterocycles. The van der Waals surface area contributed by atoms with E-state index in [9.17, 15) is 0 Å². The van der Waals surface area contributed by atoms with Crippen LogP contribution in [-0.2, 0) is 6.61 Å². The van der Waals surface area contributed by atoms with Gasteiger partial charge in [0.2, 0.25) is 5.88 Å². The zero-order chi connectivity index (χ0) is 12.3. The number of hydrogen-bond acceptors (Lipinski definition) is 3. The number of nitrogen functional groups attached to an aromatic ring is 1. The second-order valence-corrected chi connectivity index (χ2v) is 4.24. The molecule has 0 radical (unpaired) electrons. The first-order chi connectivity index (χ1) is 8.15. The Hall–Kier alpha value is -1.45. The summed E-state index contributed by atoms with van der Waals surface area (Å²) in [5, 5.41) is 0.960. The van der Waals surface area contributed by atoms with E-state index < -0.39 is 0 Å². The highest BCUT2D eigenvalue weighted by atomic mass is 35.5. The Morgan fingerprint density at radius 2 is 1.94 bits per heavy atom. The van der Waals surface area contributed by atoms with Crippen LogP contribution in [0.25, 0.3) is 0 Å². The third-order valence-corrected chi connectivity index (χ3v) is 2.69. The summed E-state index contributed by atoms with van der Waals surface area (Å²) in [6.07, 6.45) is 0. The second kappa shape index (κ2) is 5.25. The Kier molecular flexibility index (Phi) is 3.71. The third kappa shape index (κ3) is 3.25. The summed E-state index contributed by atoms with van der Waals surface area (Å²) in [6, 6.07) is 10.6. The molecular weight excluding hydrogens is 259 g/mol. The number of nitrogens with two attached hydrogens (primary N) is 1.